The molecule has 1 amide bonds. The normalized spacial score (nSPS) is 10.1. The smallest absolute Gasteiger partial charge is 0.257 e. The number of aryl methyl sites for hydroxylation is 1. The van der Waals surface area contributed by atoms with Crippen LogP contribution in [0.5, 0.6) is 5.75 Å². The number of hydrogen-bond donors (Lipinski definition) is 1. The molecule has 0 radical (unpaired) electrons. The van der Waals surface area contributed by atoms with Gasteiger partial charge in [-0.1, -0.05) is 13.3 Å². The van der Waals surface area contributed by atoms with E-state index >= 15 is 0 Å². The number of amides is 1. The van der Waals surface area contributed by atoms with Crippen LogP contribution in [0.25, 0.3) is 0 Å². The molecule has 0 aliphatic carbocycles. The zero-order valence-corrected chi connectivity index (χ0v) is 10.3. The average molecular weight is 239 g/mol. The van der Waals surface area contributed by atoms with Crippen molar-refractivity contribution in [1.29, 1.82) is 0 Å². The molecule has 0 fully saturated rings. The maximum absolute atomic E-state index is 13.0. The van der Waals surface area contributed by atoms with Crippen LogP contribution in [-0.4, -0.2) is 19.1 Å². The number of ether oxygens (including phenoxy) is 1. The maximum atomic E-state index is 13.0. The first-order chi connectivity index (χ1) is 8.13. The number of unbranched alkanes of at least 4 members (excludes halogenated alkanes) is 1. The molecule has 0 saturated carbocycles. The molecule has 0 aromatic heterocycles. The number of halogens is 1. The third-order valence-electron chi connectivity index (χ3n) is 2.35. The molecule has 0 bridgehead atoms. The Hall–Kier alpha value is -1.58. The fourth-order valence-electron chi connectivity index (χ4n) is 1.31. The monoisotopic (exact) mass is 239 g/mol. The van der Waals surface area contributed by atoms with Crippen molar-refractivity contribution >= 4 is 5.91 Å². The lowest BCUT2D eigenvalue weighted by molar-refractivity contribution is -0.123. The standard InChI is InChI=1S/C13H18FNO2/c1-3-4-7-15-13(16)9-17-11-5-6-12(14)10(2)8-11/h5-6,8H,3-4,7,9H2,1-2H3,(H,15,16). The minimum Gasteiger partial charge on any atom is -0.484 e. The first kappa shape index (κ1) is 13.5. The number of nitrogens with one attached hydrogen (secondary N) is 1. The fraction of sp³-hybridized carbons (Fsp3) is 0.462. The van der Waals surface area contributed by atoms with Crippen LogP contribution >= 0.6 is 0 Å². The Labute approximate surface area is 101 Å². The van der Waals surface area contributed by atoms with Crippen molar-refractivity contribution in [3.63, 3.8) is 0 Å². The molecule has 17 heavy (non-hydrogen) atoms. The summed E-state index contributed by atoms with van der Waals surface area (Å²) >= 11 is 0. The van der Waals surface area contributed by atoms with Gasteiger partial charge < -0.3 is 10.1 Å². The van der Waals surface area contributed by atoms with Crippen LogP contribution in [0.1, 0.15) is 25.3 Å². The molecule has 1 N–H and O–H groups in total. The third kappa shape index (κ3) is 4.85. The van der Waals surface area contributed by atoms with E-state index in [0.717, 1.165) is 12.8 Å². The van der Waals surface area contributed by atoms with E-state index in [0.29, 0.717) is 17.9 Å². The van der Waals surface area contributed by atoms with Crippen molar-refractivity contribution in [1.82, 2.24) is 5.32 Å². The Kier molecular flexibility index (Phi) is 5.46. The summed E-state index contributed by atoms with van der Waals surface area (Å²) in [6.45, 7) is 4.35. The van der Waals surface area contributed by atoms with Crippen molar-refractivity contribution in [3.05, 3.63) is 29.6 Å². The van der Waals surface area contributed by atoms with Gasteiger partial charge in [0.05, 0.1) is 0 Å². The summed E-state index contributed by atoms with van der Waals surface area (Å²) < 4.78 is 18.2. The zero-order valence-electron chi connectivity index (χ0n) is 10.3. The van der Waals surface area contributed by atoms with Gasteiger partial charge in [-0.2, -0.15) is 0 Å². The highest BCUT2D eigenvalue weighted by Gasteiger charge is 2.03. The van der Waals surface area contributed by atoms with Gasteiger partial charge in [0.25, 0.3) is 5.91 Å². The summed E-state index contributed by atoms with van der Waals surface area (Å²) in [6.07, 6.45) is 2.00. The largest absolute Gasteiger partial charge is 0.484 e. The van der Waals surface area contributed by atoms with E-state index in [9.17, 15) is 9.18 Å². The van der Waals surface area contributed by atoms with Gasteiger partial charge in [-0.25, -0.2) is 4.39 Å². The molecule has 0 spiro atoms. The van der Waals surface area contributed by atoms with E-state index in [-0.39, 0.29) is 18.3 Å². The van der Waals surface area contributed by atoms with Crippen LogP contribution in [0.15, 0.2) is 18.2 Å². The van der Waals surface area contributed by atoms with E-state index in [1.807, 2.05) is 0 Å². The third-order valence-corrected chi connectivity index (χ3v) is 2.35. The molecular weight excluding hydrogens is 221 g/mol. The van der Waals surface area contributed by atoms with Gasteiger partial charge in [0.15, 0.2) is 6.61 Å². The maximum Gasteiger partial charge on any atom is 0.257 e. The van der Waals surface area contributed by atoms with Crippen molar-refractivity contribution < 1.29 is 13.9 Å². The molecule has 0 aliphatic rings. The number of rotatable bonds is 6. The van der Waals surface area contributed by atoms with Crippen LogP contribution < -0.4 is 10.1 Å². The van der Waals surface area contributed by atoms with E-state index in [1.54, 1.807) is 13.0 Å². The summed E-state index contributed by atoms with van der Waals surface area (Å²) in [6, 6.07) is 4.43. The van der Waals surface area contributed by atoms with Crippen LogP contribution in [0.4, 0.5) is 4.39 Å². The Balaban J connectivity index is 2.34. The lowest BCUT2D eigenvalue weighted by Gasteiger charge is -2.07. The van der Waals surface area contributed by atoms with Crippen molar-refractivity contribution in [2.75, 3.05) is 13.2 Å². The lowest BCUT2D eigenvalue weighted by Crippen LogP contribution is -2.29. The first-order valence-electron chi connectivity index (χ1n) is 5.79. The van der Waals surface area contributed by atoms with Gasteiger partial charge in [-0.3, -0.25) is 4.79 Å². The Morgan fingerprint density at radius 1 is 1.47 bits per heavy atom. The molecule has 0 aliphatic heterocycles. The first-order valence-corrected chi connectivity index (χ1v) is 5.79. The van der Waals surface area contributed by atoms with Crippen molar-refractivity contribution in [2.45, 2.75) is 26.7 Å². The van der Waals surface area contributed by atoms with Gasteiger partial charge in [0, 0.05) is 6.54 Å². The second-order valence-corrected chi connectivity index (χ2v) is 3.90. The predicted octanol–water partition coefficient (Wildman–Crippen LogP) is 2.43. The van der Waals surface area contributed by atoms with Crippen LogP contribution in [-0.2, 0) is 4.79 Å². The Bertz CT molecular complexity index is 380. The molecule has 0 atom stereocenters. The molecule has 1 aromatic carbocycles. The van der Waals surface area contributed by atoms with Crippen LogP contribution in [0, 0.1) is 12.7 Å². The quantitative estimate of drug-likeness (QED) is 0.774. The summed E-state index contributed by atoms with van der Waals surface area (Å²) in [5, 5.41) is 2.74. The van der Waals surface area contributed by atoms with E-state index in [1.165, 1.54) is 12.1 Å². The van der Waals surface area contributed by atoms with E-state index in [4.69, 9.17) is 4.74 Å². The number of carbonyl (C=O) groups excluding carboxylic acids is 1. The minimum absolute atomic E-state index is 0.0329. The van der Waals surface area contributed by atoms with Crippen molar-refractivity contribution in [3.8, 4) is 5.75 Å². The second-order valence-electron chi connectivity index (χ2n) is 3.90. The van der Waals surface area contributed by atoms with E-state index < -0.39 is 0 Å². The predicted molar refractivity (Wildman–Crippen MR) is 64.5 cm³/mol. The van der Waals surface area contributed by atoms with E-state index in [2.05, 4.69) is 12.2 Å². The zero-order chi connectivity index (χ0) is 12.7. The summed E-state index contributed by atoms with van der Waals surface area (Å²) in [5.74, 6) is 0.0831. The molecule has 1 aromatic rings. The molecule has 94 valence electrons. The average Bonchev–Trinajstić information content (AvgIpc) is 2.31. The SMILES string of the molecule is CCCCNC(=O)COc1ccc(F)c(C)c1. The lowest BCUT2D eigenvalue weighted by atomic mass is 10.2. The van der Waals surface area contributed by atoms with Crippen molar-refractivity contribution in [2.24, 2.45) is 0 Å². The molecule has 0 heterocycles. The molecule has 4 heteroatoms. The molecule has 0 unspecified atom stereocenters. The number of carbonyl (C=O) groups is 1. The van der Waals surface area contributed by atoms with Crippen LogP contribution in [0.3, 0.4) is 0 Å². The highest BCUT2D eigenvalue weighted by molar-refractivity contribution is 5.77. The van der Waals surface area contributed by atoms with Crippen LogP contribution in [0.2, 0.25) is 0 Å². The van der Waals surface area contributed by atoms with Gasteiger partial charge in [-0.05, 0) is 37.1 Å². The molecule has 1 rings (SSSR count). The summed E-state index contributed by atoms with van der Waals surface area (Å²) in [4.78, 5) is 11.3. The van der Waals surface area contributed by atoms with Gasteiger partial charge >= 0.3 is 0 Å². The number of hydrogen-bond acceptors (Lipinski definition) is 2. The molecular formula is C13H18FNO2. The molecule has 0 saturated heterocycles. The topological polar surface area (TPSA) is 38.3 Å². The Morgan fingerprint density at radius 2 is 2.24 bits per heavy atom. The Morgan fingerprint density at radius 3 is 2.88 bits per heavy atom. The highest BCUT2D eigenvalue weighted by atomic mass is 19.1. The fourth-order valence-corrected chi connectivity index (χ4v) is 1.31. The van der Waals surface area contributed by atoms with Gasteiger partial charge in [-0.15, -0.1) is 0 Å². The summed E-state index contributed by atoms with van der Waals surface area (Å²) in [7, 11) is 0. The summed E-state index contributed by atoms with van der Waals surface area (Å²) in [5.41, 5.74) is 0.508. The molecule has 3 nitrogen and oxygen atoms in total. The second kappa shape index (κ2) is 6.89. The highest BCUT2D eigenvalue weighted by Crippen LogP contribution is 2.15. The number of benzene rings is 1. The minimum atomic E-state index is -0.273. The van der Waals surface area contributed by atoms with Gasteiger partial charge in [0.2, 0.25) is 0 Å². The van der Waals surface area contributed by atoms with Gasteiger partial charge in [0.1, 0.15) is 11.6 Å².